The van der Waals surface area contributed by atoms with E-state index in [1.807, 2.05) is 35.9 Å². The van der Waals surface area contributed by atoms with Crippen LogP contribution in [0.25, 0.3) is 10.2 Å². The third-order valence-electron chi connectivity index (χ3n) is 2.95. The second-order valence-corrected chi connectivity index (χ2v) is 7.69. The smallest absolute Gasteiger partial charge is 0.253 e. The fourth-order valence-corrected chi connectivity index (χ4v) is 4.35. The molecule has 0 unspecified atom stereocenters. The molecule has 3 nitrogen and oxygen atoms in total. The van der Waals surface area contributed by atoms with Gasteiger partial charge in [-0.1, -0.05) is 34.5 Å². The van der Waals surface area contributed by atoms with Crippen molar-refractivity contribution in [3.05, 3.63) is 49.4 Å². The highest BCUT2D eigenvalue weighted by atomic mass is 35.5. The van der Waals surface area contributed by atoms with E-state index in [9.17, 15) is 4.79 Å². The highest BCUT2D eigenvalue weighted by Gasteiger charge is 2.07. The van der Waals surface area contributed by atoms with Crippen LogP contribution in [0.4, 0.5) is 0 Å². The number of benzene rings is 1. The lowest BCUT2D eigenvalue weighted by Crippen LogP contribution is -2.13. The number of halogens is 2. The van der Waals surface area contributed by atoms with E-state index in [-0.39, 0.29) is 12.3 Å². The molecule has 2 heterocycles. The molecule has 3 aromatic rings. The minimum absolute atomic E-state index is 0.179. The van der Waals surface area contributed by atoms with E-state index >= 15 is 0 Å². The van der Waals surface area contributed by atoms with Gasteiger partial charge in [-0.05, 0) is 30.3 Å². The van der Waals surface area contributed by atoms with Gasteiger partial charge in [0.25, 0.3) is 5.91 Å². The first-order chi connectivity index (χ1) is 10.0. The number of hydrogen-bond donors (Lipinski definition) is 0. The Morgan fingerprint density at radius 2 is 2.05 bits per heavy atom. The topological polar surface area (TPSA) is 34.4 Å². The predicted octanol–water partition coefficient (Wildman–Crippen LogP) is 4.28. The van der Waals surface area contributed by atoms with Gasteiger partial charge in [-0.15, -0.1) is 11.3 Å². The van der Waals surface area contributed by atoms with Gasteiger partial charge in [0.2, 0.25) is 0 Å². The Bertz CT molecular complexity index is 892. The highest BCUT2D eigenvalue weighted by Crippen LogP contribution is 2.23. The Morgan fingerprint density at radius 1 is 1.24 bits per heavy atom. The zero-order valence-corrected chi connectivity index (χ0v) is 14.1. The average molecular weight is 357 g/mol. The number of carbonyl (C=O) groups excluding carboxylic acids is 1. The third-order valence-corrected chi connectivity index (χ3v) is 5.51. The van der Waals surface area contributed by atoms with Crippen LogP contribution in [0.1, 0.15) is 4.88 Å². The summed E-state index contributed by atoms with van der Waals surface area (Å²) in [5.41, 5.74) is 1.01. The number of carbonyl (C=O) groups is 1. The summed E-state index contributed by atoms with van der Waals surface area (Å²) < 4.78 is 3.59. The van der Waals surface area contributed by atoms with E-state index in [0.717, 1.165) is 15.1 Å². The summed E-state index contributed by atoms with van der Waals surface area (Å²) in [6.45, 7) is 0. The number of thiazole rings is 1. The van der Waals surface area contributed by atoms with Gasteiger partial charge in [0, 0.05) is 16.9 Å². The van der Waals surface area contributed by atoms with Crippen LogP contribution in [-0.4, -0.2) is 10.5 Å². The molecule has 0 saturated heterocycles. The molecule has 0 spiro atoms. The predicted molar refractivity (Wildman–Crippen MR) is 89.4 cm³/mol. The van der Waals surface area contributed by atoms with E-state index in [1.165, 1.54) is 22.7 Å². The maximum absolute atomic E-state index is 12.1. The van der Waals surface area contributed by atoms with Gasteiger partial charge in [0.05, 0.1) is 21.0 Å². The summed E-state index contributed by atoms with van der Waals surface area (Å²) in [6, 6.07) is 9.28. The van der Waals surface area contributed by atoms with Crippen LogP contribution in [-0.2, 0) is 18.3 Å². The number of nitrogens with zero attached hydrogens (tertiary/aromatic N) is 2. The van der Waals surface area contributed by atoms with Crippen molar-refractivity contribution in [2.75, 3.05) is 0 Å². The van der Waals surface area contributed by atoms with Gasteiger partial charge in [0.1, 0.15) is 0 Å². The molecule has 0 fully saturated rings. The van der Waals surface area contributed by atoms with Gasteiger partial charge in [-0.2, -0.15) is 4.99 Å². The van der Waals surface area contributed by atoms with Crippen LogP contribution in [0.5, 0.6) is 0 Å². The lowest BCUT2D eigenvalue weighted by atomic mass is 10.3. The van der Waals surface area contributed by atoms with E-state index in [1.54, 1.807) is 6.07 Å². The summed E-state index contributed by atoms with van der Waals surface area (Å²) in [5.74, 6) is -0.179. The average Bonchev–Trinajstić information content (AvgIpc) is 2.94. The van der Waals surface area contributed by atoms with Gasteiger partial charge in [-0.3, -0.25) is 4.79 Å². The second kappa shape index (κ2) is 5.93. The molecule has 108 valence electrons. The van der Waals surface area contributed by atoms with Crippen molar-refractivity contribution in [3.8, 4) is 0 Å². The Labute approximate surface area is 139 Å². The fourth-order valence-electron chi connectivity index (χ4n) is 1.96. The number of rotatable bonds is 2. The summed E-state index contributed by atoms with van der Waals surface area (Å²) in [6.07, 6.45) is 0.270. The minimum Gasteiger partial charge on any atom is -0.319 e. The van der Waals surface area contributed by atoms with Crippen LogP contribution < -0.4 is 4.80 Å². The van der Waals surface area contributed by atoms with E-state index in [4.69, 9.17) is 23.2 Å². The minimum atomic E-state index is -0.179. The largest absolute Gasteiger partial charge is 0.319 e. The first kappa shape index (κ1) is 14.8. The normalized spacial score (nSPS) is 12.2. The molecule has 0 bridgehead atoms. The lowest BCUT2D eigenvalue weighted by Gasteiger charge is -1.95. The van der Waals surface area contributed by atoms with Gasteiger partial charge >= 0.3 is 0 Å². The van der Waals surface area contributed by atoms with E-state index < -0.39 is 0 Å². The third kappa shape index (κ3) is 3.21. The van der Waals surface area contributed by atoms with Gasteiger partial charge < -0.3 is 4.57 Å². The second-order valence-electron chi connectivity index (χ2n) is 4.44. The Morgan fingerprint density at radius 3 is 2.76 bits per heavy atom. The zero-order valence-electron chi connectivity index (χ0n) is 11.0. The summed E-state index contributed by atoms with van der Waals surface area (Å²) in [4.78, 5) is 17.8. The van der Waals surface area contributed by atoms with Crippen molar-refractivity contribution >= 4 is 62.0 Å². The van der Waals surface area contributed by atoms with Crippen molar-refractivity contribution in [1.82, 2.24) is 4.57 Å². The van der Waals surface area contributed by atoms with Crippen molar-refractivity contribution in [1.29, 1.82) is 0 Å². The standard InChI is InChI=1S/C14H10Cl2N2OS2/c1-18-10-4-2-8(15)6-11(10)21-14(18)17-13(19)7-9-3-5-12(16)20-9/h2-6H,7H2,1H3. The number of amides is 1. The molecule has 0 N–H and O–H groups in total. The molecular weight excluding hydrogens is 347 g/mol. The molecular formula is C14H10Cl2N2OS2. The van der Waals surface area contributed by atoms with Crippen molar-refractivity contribution in [2.45, 2.75) is 6.42 Å². The molecule has 0 saturated carbocycles. The molecule has 0 radical (unpaired) electrons. The lowest BCUT2D eigenvalue weighted by molar-refractivity contribution is -0.117. The summed E-state index contributed by atoms with van der Waals surface area (Å²) in [5, 5.41) is 0.676. The molecule has 0 aliphatic rings. The van der Waals surface area contributed by atoms with Crippen LogP contribution in [0, 0.1) is 0 Å². The first-order valence-electron chi connectivity index (χ1n) is 6.10. The van der Waals surface area contributed by atoms with Gasteiger partial charge in [-0.25, -0.2) is 0 Å². The fraction of sp³-hybridized carbons (Fsp3) is 0.143. The zero-order chi connectivity index (χ0) is 15.0. The molecule has 1 amide bonds. The maximum atomic E-state index is 12.1. The van der Waals surface area contributed by atoms with Crippen molar-refractivity contribution in [3.63, 3.8) is 0 Å². The number of aromatic nitrogens is 1. The molecule has 0 aliphatic heterocycles. The molecule has 2 aromatic heterocycles. The monoisotopic (exact) mass is 356 g/mol. The van der Waals surface area contributed by atoms with Crippen molar-refractivity contribution in [2.24, 2.45) is 12.0 Å². The Balaban J connectivity index is 1.95. The molecule has 3 rings (SSSR count). The summed E-state index contributed by atoms with van der Waals surface area (Å²) >= 11 is 14.7. The Hall–Kier alpha value is -1.14. The molecule has 21 heavy (non-hydrogen) atoms. The first-order valence-corrected chi connectivity index (χ1v) is 8.48. The van der Waals surface area contributed by atoms with E-state index in [0.29, 0.717) is 14.2 Å². The highest BCUT2D eigenvalue weighted by molar-refractivity contribution is 7.16. The molecule has 7 heteroatoms. The Kier molecular flexibility index (Phi) is 4.17. The number of fused-ring (bicyclic) bond motifs is 1. The SMILES string of the molecule is Cn1c(=NC(=O)Cc2ccc(Cl)s2)sc2cc(Cl)ccc21. The molecule has 0 aliphatic carbocycles. The maximum Gasteiger partial charge on any atom is 0.253 e. The molecule has 0 atom stereocenters. The van der Waals surface area contributed by atoms with Crippen LogP contribution in [0.2, 0.25) is 9.36 Å². The van der Waals surface area contributed by atoms with Gasteiger partial charge in [0.15, 0.2) is 4.80 Å². The number of hydrogen-bond acceptors (Lipinski definition) is 3. The van der Waals surface area contributed by atoms with Crippen LogP contribution in [0.15, 0.2) is 35.3 Å². The van der Waals surface area contributed by atoms with Crippen LogP contribution >= 0.6 is 45.9 Å². The van der Waals surface area contributed by atoms with E-state index in [2.05, 4.69) is 4.99 Å². The summed E-state index contributed by atoms with van der Waals surface area (Å²) in [7, 11) is 1.89. The number of thiophene rings is 1. The van der Waals surface area contributed by atoms with Crippen molar-refractivity contribution < 1.29 is 4.79 Å². The quantitative estimate of drug-likeness (QED) is 0.674. The van der Waals surface area contributed by atoms with Crippen LogP contribution in [0.3, 0.4) is 0 Å². The molecule has 1 aromatic carbocycles. The number of aryl methyl sites for hydroxylation is 1.